The van der Waals surface area contributed by atoms with E-state index in [1.165, 1.54) is 6.07 Å². The van der Waals surface area contributed by atoms with Crippen LogP contribution >= 0.6 is 0 Å². The van der Waals surface area contributed by atoms with E-state index in [2.05, 4.69) is 15.6 Å². The highest BCUT2D eigenvalue weighted by Gasteiger charge is 2.19. The standard InChI is InChI=1S/C21H21F2N3O/c1-2-21(27)12-3-5-13(6-4-12)25-17-7-8-18(17)26-20-11-24-19-10-16(23)15(22)9-14(19)20/h3-6,9-11,21,24-27H,2,7-8H2,1H3. The van der Waals surface area contributed by atoms with E-state index in [0.717, 1.165) is 47.2 Å². The molecule has 0 bridgehead atoms. The molecule has 1 aromatic heterocycles. The summed E-state index contributed by atoms with van der Waals surface area (Å²) in [7, 11) is 0. The van der Waals surface area contributed by atoms with Gasteiger partial charge in [-0.2, -0.15) is 0 Å². The first kappa shape index (κ1) is 17.5. The van der Waals surface area contributed by atoms with Crippen molar-refractivity contribution in [1.29, 1.82) is 0 Å². The third-order valence-electron chi connectivity index (χ3n) is 4.97. The van der Waals surface area contributed by atoms with Gasteiger partial charge in [-0.3, -0.25) is 0 Å². The monoisotopic (exact) mass is 369 g/mol. The fraction of sp³-hybridized carbons (Fsp3) is 0.238. The summed E-state index contributed by atoms with van der Waals surface area (Å²) in [5.74, 6) is -1.72. The summed E-state index contributed by atoms with van der Waals surface area (Å²) in [5.41, 5.74) is 5.21. The van der Waals surface area contributed by atoms with Crippen LogP contribution in [0.4, 0.5) is 20.2 Å². The number of hydrogen-bond acceptors (Lipinski definition) is 3. The highest BCUT2D eigenvalue weighted by atomic mass is 19.2. The summed E-state index contributed by atoms with van der Waals surface area (Å²) < 4.78 is 26.9. The number of allylic oxidation sites excluding steroid dienone is 2. The molecule has 0 spiro atoms. The molecule has 0 amide bonds. The molecule has 27 heavy (non-hydrogen) atoms. The van der Waals surface area contributed by atoms with E-state index in [0.29, 0.717) is 17.3 Å². The van der Waals surface area contributed by atoms with Gasteiger partial charge in [-0.05, 0) is 43.0 Å². The van der Waals surface area contributed by atoms with Crippen LogP contribution in [-0.2, 0) is 0 Å². The summed E-state index contributed by atoms with van der Waals surface area (Å²) in [5, 5.41) is 17.2. The van der Waals surface area contributed by atoms with Gasteiger partial charge in [-0.15, -0.1) is 0 Å². The molecule has 0 saturated heterocycles. The molecule has 1 unspecified atom stereocenters. The Morgan fingerprint density at radius 1 is 1.04 bits per heavy atom. The Balaban J connectivity index is 1.52. The number of nitrogens with one attached hydrogen (secondary N) is 3. The zero-order valence-corrected chi connectivity index (χ0v) is 14.9. The van der Waals surface area contributed by atoms with Crippen molar-refractivity contribution in [2.24, 2.45) is 0 Å². The highest BCUT2D eigenvalue weighted by molar-refractivity contribution is 5.93. The van der Waals surface area contributed by atoms with Crippen molar-refractivity contribution in [3.05, 3.63) is 71.2 Å². The molecule has 1 aliphatic carbocycles. The zero-order chi connectivity index (χ0) is 19.0. The smallest absolute Gasteiger partial charge is 0.160 e. The van der Waals surface area contributed by atoms with Crippen LogP contribution < -0.4 is 10.6 Å². The van der Waals surface area contributed by atoms with Crippen molar-refractivity contribution in [3.8, 4) is 0 Å². The molecular weight excluding hydrogens is 348 g/mol. The van der Waals surface area contributed by atoms with Gasteiger partial charge in [0.15, 0.2) is 11.6 Å². The van der Waals surface area contributed by atoms with Crippen molar-refractivity contribution in [2.45, 2.75) is 32.3 Å². The molecule has 0 fully saturated rings. The molecule has 6 heteroatoms. The van der Waals surface area contributed by atoms with Gasteiger partial charge in [-0.1, -0.05) is 19.1 Å². The predicted molar refractivity (Wildman–Crippen MR) is 103 cm³/mol. The van der Waals surface area contributed by atoms with Crippen LogP contribution in [0.3, 0.4) is 0 Å². The molecule has 4 N–H and O–H groups in total. The van der Waals surface area contributed by atoms with Gasteiger partial charge >= 0.3 is 0 Å². The number of aliphatic hydroxyl groups excluding tert-OH is 1. The van der Waals surface area contributed by atoms with E-state index in [1.807, 2.05) is 31.2 Å². The lowest BCUT2D eigenvalue weighted by Gasteiger charge is -2.26. The summed E-state index contributed by atoms with van der Waals surface area (Å²) >= 11 is 0. The summed E-state index contributed by atoms with van der Waals surface area (Å²) in [6, 6.07) is 10.1. The van der Waals surface area contributed by atoms with Crippen molar-refractivity contribution in [3.63, 3.8) is 0 Å². The van der Waals surface area contributed by atoms with Crippen molar-refractivity contribution in [2.75, 3.05) is 10.6 Å². The molecule has 3 aromatic rings. The van der Waals surface area contributed by atoms with Gasteiger partial charge in [0.2, 0.25) is 0 Å². The third kappa shape index (κ3) is 3.40. The zero-order valence-electron chi connectivity index (χ0n) is 14.9. The fourth-order valence-corrected chi connectivity index (χ4v) is 3.23. The number of halogens is 2. The van der Waals surface area contributed by atoms with Crippen molar-refractivity contribution < 1.29 is 13.9 Å². The van der Waals surface area contributed by atoms with E-state index >= 15 is 0 Å². The minimum Gasteiger partial charge on any atom is -0.388 e. The Morgan fingerprint density at radius 2 is 1.70 bits per heavy atom. The molecule has 4 rings (SSSR count). The number of anilines is 2. The van der Waals surface area contributed by atoms with E-state index in [-0.39, 0.29) is 0 Å². The molecule has 0 radical (unpaired) electrons. The molecule has 4 nitrogen and oxygen atoms in total. The lowest BCUT2D eigenvalue weighted by molar-refractivity contribution is 0.173. The molecule has 1 aliphatic rings. The third-order valence-corrected chi connectivity index (χ3v) is 4.97. The second kappa shape index (κ2) is 7.04. The Hall–Kier alpha value is -2.86. The van der Waals surface area contributed by atoms with Crippen LogP contribution in [-0.4, -0.2) is 10.1 Å². The number of aliphatic hydroxyl groups is 1. The second-order valence-electron chi connectivity index (χ2n) is 6.77. The number of benzene rings is 2. The molecule has 0 aliphatic heterocycles. The minimum absolute atomic E-state index is 0.439. The summed E-state index contributed by atoms with van der Waals surface area (Å²) in [6.07, 6.45) is 3.75. The Labute approximate surface area is 155 Å². The van der Waals surface area contributed by atoms with Crippen LogP contribution in [0.5, 0.6) is 0 Å². The van der Waals surface area contributed by atoms with Crippen LogP contribution in [0.15, 0.2) is 54.0 Å². The Bertz CT molecular complexity index is 1010. The first-order valence-corrected chi connectivity index (χ1v) is 9.05. The summed E-state index contributed by atoms with van der Waals surface area (Å²) in [6.45, 7) is 1.94. The van der Waals surface area contributed by atoms with E-state index in [9.17, 15) is 13.9 Å². The average Bonchev–Trinajstić information content (AvgIpc) is 3.05. The first-order chi connectivity index (χ1) is 13.0. The van der Waals surface area contributed by atoms with Gasteiger partial charge in [-0.25, -0.2) is 8.78 Å². The van der Waals surface area contributed by atoms with Crippen LogP contribution in [0.1, 0.15) is 37.9 Å². The number of aromatic amines is 1. The average molecular weight is 369 g/mol. The SMILES string of the molecule is CCC(O)c1ccc(NC2=C(Nc3c[nH]c4cc(F)c(F)cc34)CC2)cc1. The first-order valence-electron chi connectivity index (χ1n) is 9.05. The lowest BCUT2D eigenvalue weighted by atomic mass is 9.99. The van der Waals surface area contributed by atoms with E-state index < -0.39 is 17.7 Å². The molecule has 1 heterocycles. The maximum absolute atomic E-state index is 13.6. The summed E-state index contributed by atoms with van der Waals surface area (Å²) in [4.78, 5) is 2.96. The van der Waals surface area contributed by atoms with E-state index in [4.69, 9.17) is 0 Å². The van der Waals surface area contributed by atoms with Gasteiger partial charge in [0, 0.05) is 34.7 Å². The number of hydrogen-bond donors (Lipinski definition) is 4. The number of fused-ring (bicyclic) bond motifs is 1. The maximum Gasteiger partial charge on any atom is 0.160 e. The van der Waals surface area contributed by atoms with Crippen LogP contribution in [0.25, 0.3) is 10.9 Å². The van der Waals surface area contributed by atoms with Gasteiger partial charge in [0.05, 0.1) is 17.3 Å². The van der Waals surface area contributed by atoms with Gasteiger partial charge in [0.1, 0.15) is 0 Å². The normalized spacial score (nSPS) is 15.0. The molecule has 140 valence electrons. The Kier molecular flexibility index (Phi) is 4.58. The quantitative estimate of drug-likeness (QED) is 0.469. The fourth-order valence-electron chi connectivity index (χ4n) is 3.23. The van der Waals surface area contributed by atoms with Crippen molar-refractivity contribution >= 4 is 22.3 Å². The molecule has 0 saturated carbocycles. The van der Waals surface area contributed by atoms with Crippen molar-refractivity contribution in [1.82, 2.24) is 4.98 Å². The number of H-pyrrole nitrogens is 1. The lowest BCUT2D eigenvalue weighted by Crippen LogP contribution is -2.18. The van der Waals surface area contributed by atoms with Crippen LogP contribution in [0.2, 0.25) is 0 Å². The van der Waals surface area contributed by atoms with E-state index in [1.54, 1.807) is 6.20 Å². The van der Waals surface area contributed by atoms with Gasteiger partial charge < -0.3 is 20.7 Å². The highest BCUT2D eigenvalue weighted by Crippen LogP contribution is 2.33. The minimum atomic E-state index is -0.863. The topological polar surface area (TPSA) is 60.1 Å². The molecular formula is C21H21F2N3O. The predicted octanol–water partition coefficient (Wildman–Crippen LogP) is 5.42. The molecule has 2 aromatic carbocycles. The number of aromatic nitrogens is 1. The second-order valence-corrected chi connectivity index (χ2v) is 6.77. The van der Waals surface area contributed by atoms with Crippen LogP contribution in [0, 0.1) is 11.6 Å². The Morgan fingerprint density at radius 3 is 2.37 bits per heavy atom. The maximum atomic E-state index is 13.6. The number of rotatable bonds is 6. The molecule has 1 atom stereocenters. The van der Waals surface area contributed by atoms with Gasteiger partial charge in [0.25, 0.3) is 0 Å². The largest absolute Gasteiger partial charge is 0.388 e.